The molecule has 3 rings (SSSR count). The summed E-state index contributed by atoms with van der Waals surface area (Å²) in [5.41, 5.74) is 0.872. The molecule has 1 aliphatic carbocycles. The highest BCUT2D eigenvalue weighted by Crippen LogP contribution is 2.41. The number of hydrogen-bond acceptors (Lipinski definition) is 4. The van der Waals surface area contributed by atoms with Crippen LogP contribution in [-0.4, -0.2) is 33.2 Å². The van der Waals surface area contributed by atoms with Gasteiger partial charge in [-0.1, -0.05) is 6.92 Å². The van der Waals surface area contributed by atoms with Gasteiger partial charge in [0.15, 0.2) is 0 Å². The Balaban J connectivity index is 1.77. The molecule has 0 spiro atoms. The van der Waals surface area contributed by atoms with Crippen LogP contribution >= 0.6 is 11.8 Å². The van der Waals surface area contributed by atoms with Crippen molar-refractivity contribution in [1.29, 1.82) is 0 Å². The average molecular weight is 306 g/mol. The monoisotopic (exact) mass is 306 g/mol. The van der Waals surface area contributed by atoms with Crippen molar-refractivity contribution < 1.29 is 9.50 Å². The van der Waals surface area contributed by atoms with Gasteiger partial charge in [-0.2, -0.15) is 11.8 Å². The maximum Gasteiger partial charge on any atom is 0.125 e. The van der Waals surface area contributed by atoms with Crippen molar-refractivity contribution in [2.45, 2.75) is 30.6 Å². The second kappa shape index (κ2) is 5.81. The van der Waals surface area contributed by atoms with Gasteiger partial charge in [0.25, 0.3) is 0 Å². The zero-order chi connectivity index (χ0) is 14.9. The first-order valence-corrected chi connectivity index (χ1v) is 8.29. The predicted molar refractivity (Wildman–Crippen MR) is 86.3 cm³/mol. The van der Waals surface area contributed by atoms with Gasteiger partial charge in [-0.15, -0.1) is 0 Å². The van der Waals surface area contributed by atoms with Crippen LogP contribution in [0.1, 0.15) is 19.8 Å². The molecule has 21 heavy (non-hydrogen) atoms. The Bertz CT molecular complexity index is 651. The molecule has 2 N–H and O–H groups in total. The number of nitrogens with one attached hydrogen (secondary N) is 1. The summed E-state index contributed by atoms with van der Waals surface area (Å²) < 4.78 is 13.2. The largest absolute Gasteiger partial charge is 0.387 e. The van der Waals surface area contributed by atoms with Gasteiger partial charge in [-0.3, -0.25) is 4.98 Å². The summed E-state index contributed by atoms with van der Waals surface area (Å²) in [4.78, 5) is 4.18. The highest BCUT2D eigenvalue weighted by atomic mass is 32.2. The minimum absolute atomic E-state index is 0.288. The summed E-state index contributed by atoms with van der Waals surface area (Å²) in [6, 6.07) is 6.45. The standard InChI is InChI=1S/C16H19FN2OS/c1-2-21-15-5-7-16(15,20)10-19-13-6-8-18-14-9-11(17)3-4-12(13)14/h3-4,6,8-9,15,20H,2,5,7,10H2,1H3,(H,18,19). The minimum atomic E-state index is -0.643. The third kappa shape index (κ3) is 2.85. The van der Waals surface area contributed by atoms with Crippen molar-refractivity contribution >= 4 is 28.4 Å². The van der Waals surface area contributed by atoms with E-state index in [0.29, 0.717) is 17.3 Å². The number of pyridine rings is 1. The molecule has 1 fully saturated rings. The van der Waals surface area contributed by atoms with Gasteiger partial charge in [-0.25, -0.2) is 4.39 Å². The van der Waals surface area contributed by atoms with Crippen molar-refractivity contribution in [2.24, 2.45) is 0 Å². The van der Waals surface area contributed by atoms with Crippen molar-refractivity contribution in [1.82, 2.24) is 4.98 Å². The van der Waals surface area contributed by atoms with E-state index in [-0.39, 0.29) is 5.82 Å². The molecule has 1 heterocycles. The third-order valence-corrected chi connectivity index (χ3v) is 5.51. The first-order chi connectivity index (χ1) is 10.1. The Labute approximate surface area is 128 Å². The summed E-state index contributed by atoms with van der Waals surface area (Å²) in [5, 5.41) is 15.1. The maximum absolute atomic E-state index is 13.2. The van der Waals surface area contributed by atoms with Crippen molar-refractivity contribution in [2.75, 3.05) is 17.6 Å². The Morgan fingerprint density at radius 1 is 1.48 bits per heavy atom. The SMILES string of the molecule is CCSC1CCC1(O)CNc1ccnc2cc(F)ccc12. The fourth-order valence-corrected chi connectivity index (χ4v) is 3.96. The normalized spacial score (nSPS) is 24.8. The second-order valence-electron chi connectivity index (χ2n) is 5.46. The Morgan fingerprint density at radius 2 is 2.33 bits per heavy atom. The van der Waals surface area contributed by atoms with Gasteiger partial charge >= 0.3 is 0 Å². The number of aromatic nitrogens is 1. The molecule has 1 aromatic carbocycles. The van der Waals surface area contributed by atoms with Crippen molar-refractivity contribution in [3.8, 4) is 0 Å². The van der Waals surface area contributed by atoms with Crippen molar-refractivity contribution in [3.63, 3.8) is 0 Å². The zero-order valence-corrected chi connectivity index (χ0v) is 12.8. The fraction of sp³-hybridized carbons (Fsp3) is 0.438. The van der Waals surface area contributed by atoms with Crippen LogP contribution in [-0.2, 0) is 0 Å². The summed E-state index contributed by atoms with van der Waals surface area (Å²) >= 11 is 1.81. The summed E-state index contributed by atoms with van der Waals surface area (Å²) in [6.45, 7) is 2.63. The molecule has 2 aromatic rings. The first-order valence-electron chi connectivity index (χ1n) is 7.24. The molecule has 0 amide bonds. The Morgan fingerprint density at radius 3 is 3.05 bits per heavy atom. The number of benzene rings is 1. The lowest BCUT2D eigenvalue weighted by Gasteiger charge is -2.45. The molecule has 3 nitrogen and oxygen atoms in total. The van der Waals surface area contributed by atoms with E-state index in [1.54, 1.807) is 12.3 Å². The van der Waals surface area contributed by atoms with E-state index in [1.807, 2.05) is 17.8 Å². The smallest absolute Gasteiger partial charge is 0.125 e. The number of hydrogen-bond donors (Lipinski definition) is 2. The third-order valence-electron chi connectivity index (χ3n) is 4.10. The molecule has 2 atom stereocenters. The topological polar surface area (TPSA) is 45.1 Å². The number of thioether (sulfide) groups is 1. The number of rotatable bonds is 5. The molecule has 5 heteroatoms. The molecule has 1 saturated carbocycles. The van der Waals surface area contributed by atoms with Crippen LogP contribution in [0.15, 0.2) is 30.5 Å². The van der Waals surface area contributed by atoms with Crippen molar-refractivity contribution in [3.05, 3.63) is 36.3 Å². The van der Waals surface area contributed by atoms with Gasteiger partial charge in [0.2, 0.25) is 0 Å². The van der Waals surface area contributed by atoms with E-state index in [2.05, 4.69) is 17.2 Å². The van der Waals surface area contributed by atoms with Gasteiger partial charge < -0.3 is 10.4 Å². The van der Waals surface area contributed by atoms with E-state index in [9.17, 15) is 9.50 Å². The van der Waals surface area contributed by atoms with Crippen LogP contribution in [0.25, 0.3) is 10.9 Å². The summed E-state index contributed by atoms with van der Waals surface area (Å²) in [5.74, 6) is 0.730. The highest BCUT2D eigenvalue weighted by Gasteiger charge is 2.44. The maximum atomic E-state index is 13.2. The number of nitrogens with zero attached hydrogens (tertiary/aromatic N) is 1. The molecule has 0 aliphatic heterocycles. The van der Waals surface area contributed by atoms with E-state index in [1.165, 1.54) is 12.1 Å². The molecule has 0 saturated heterocycles. The molecule has 0 bridgehead atoms. The number of aliphatic hydroxyl groups is 1. The van der Waals surface area contributed by atoms with E-state index in [4.69, 9.17) is 0 Å². The van der Waals surface area contributed by atoms with Crippen LogP contribution < -0.4 is 5.32 Å². The lowest BCUT2D eigenvalue weighted by Crippen LogP contribution is -2.54. The Kier molecular flexibility index (Phi) is 4.04. The quantitative estimate of drug-likeness (QED) is 0.888. The molecular formula is C16H19FN2OS. The van der Waals surface area contributed by atoms with E-state index >= 15 is 0 Å². The highest BCUT2D eigenvalue weighted by molar-refractivity contribution is 8.00. The van der Waals surface area contributed by atoms with Crippen LogP contribution in [0.4, 0.5) is 10.1 Å². The molecule has 2 unspecified atom stereocenters. The molecule has 0 radical (unpaired) electrons. The lowest BCUT2D eigenvalue weighted by atomic mass is 9.79. The van der Waals surface area contributed by atoms with Crippen LogP contribution in [0.3, 0.4) is 0 Å². The second-order valence-corrected chi connectivity index (χ2v) is 6.94. The van der Waals surface area contributed by atoms with E-state index < -0.39 is 5.60 Å². The van der Waals surface area contributed by atoms with Gasteiger partial charge in [0.05, 0.1) is 11.1 Å². The van der Waals surface area contributed by atoms with Crippen LogP contribution in [0, 0.1) is 5.82 Å². The number of halogens is 1. The zero-order valence-electron chi connectivity index (χ0n) is 12.0. The summed E-state index contributed by atoms with van der Waals surface area (Å²) in [7, 11) is 0. The molecule has 1 aliphatic rings. The fourth-order valence-electron chi connectivity index (χ4n) is 2.76. The number of fused-ring (bicyclic) bond motifs is 1. The van der Waals surface area contributed by atoms with Crippen LogP contribution in [0.2, 0.25) is 0 Å². The van der Waals surface area contributed by atoms with Gasteiger partial charge in [0, 0.05) is 35.1 Å². The van der Waals surface area contributed by atoms with Crippen LogP contribution in [0.5, 0.6) is 0 Å². The minimum Gasteiger partial charge on any atom is -0.387 e. The number of anilines is 1. The first kappa shape index (κ1) is 14.6. The average Bonchev–Trinajstić information content (AvgIpc) is 2.48. The Hall–Kier alpha value is -1.33. The van der Waals surface area contributed by atoms with E-state index in [0.717, 1.165) is 29.7 Å². The molecule has 1 aromatic heterocycles. The predicted octanol–water partition coefficient (Wildman–Crippen LogP) is 3.43. The molecular weight excluding hydrogens is 287 g/mol. The lowest BCUT2D eigenvalue weighted by molar-refractivity contribution is -0.0119. The molecule has 112 valence electrons. The van der Waals surface area contributed by atoms with Gasteiger partial charge in [0.1, 0.15) is 5.82 Å². The summed E-state index contributed by atoms with van der Waals surface area (Å²) in [6.07, 6.45) is 3.56. The van der Waals surface area contributed by atoms with Gasteiger partial charge in [-0.05, 0) is 36.8 Å².